The molecule has 36 heavy (non-hydrogen) atoms. The van der Waals surface area contributed by atoms with Gasteiger partial charge in [-0.1, -0.05) is 35.4 Å². The Morgan fingerprint density at radius 1 is 0.861 bits per heavy atom. The van der Waals surface area contributed by atoms with Gasteiger partial charge in [0.05, 0.1) is 21.6 Å². The second-order valence-corrected chi connectivity index (χ2v) is 11.3. The third-order valence-electron chi connectivity index (χ3n) is 6.98. The molecule has 0 saturated carbocycles. The molecule has 1 aliphatic rings. The fourth-order valence-electron chi connectivity index (χ4n) is 4.71. The van der Waals surface area contributed by atoms with Gasteiger partial charge < -0.3 is 9.47 Å². The highest BCUT2D eigenvalue weighted by molar-refractivity contribution is 7.92. The Labute approximate surface area is 213 Å². The van der Waals surface area contributed by atoms with E-state index >= 15 is 0 Å². The Morgan fingerprint density at radius 3 is 2.17 bits per heavy atom. The minimum atomic E-state index is -3.65. The molecule has 8 heteroatoms. The molecule has 0 unspecified atom stereocenters. The fraction of sp³-hybridized carbons (Fsp3) is 0.321. The minimum absolute atomic E-state index is 0.248. The largest absolute Gasteiger partial charge is 0.369 e. The van der Waals surface area contributed by atoms with E-state index in [-0.39, 0.29) is 4.90 Å². The van der Waals surface area contributed by atoms with Gasteiger partial charge >= 0.3 is 0 Å². The molecule has 188 valence electrons. The summed E-state index contributed by atoms with van der Waals surface area (Å²) in [6.07, 6.45) is 0.847. The van der Waals surface area contributed by atoms with Crippen LogP contribution in [0.4, 0.5) is 11.4 Å². The van der Waals surface area contributed by atoms with Crippen LogP contribution in [0.3, 0.4) is 0 Å². The summed E-state index contributed by atoms with van der Waals surface area (Å²) in [5.74, 6) is 1.00. The van der Waals surface area contributed by atoms with Crippen LogP contribution in [-0.2, 0) is 23.5 Å². The van der Waals surface area contributed by atoms with Gasteiger partial charge in [-0.25, -0.2) is 13.4 Å². The number of rotatable bonds is 7. The van der Waals surface area contributed by atoms with Gasteiger partial charge in [-0.15, -0.1) is 0 Å². The highest BCUT2D eigenvalue weighted by atomic mass is 32.2. The fourth-order valence-corrected chi connectivity index (χ4v) is 5.76. The van der Waals surface area contributed by atoms with Crippen LogP contribution in [0.1, 0.15) is 17.0 Å². The van der Waals surface area contributed by atoms with Gasteiger partial charge in [0.1, 0.15) is 5.82 Å². The third kappa shape index (κ3) is 5.24. The summed E-state index contributed by atoms with van der Waals surface area (Å²) in [5.41, 5.74) is 5.90. The van der Waals surface area contributed by atoms with Crippen molar-refractivity contribution in [3.63, 3.8) is 0 Å². The van der Waals surface area contributed by atoms with E-state index in [1.165, 1.54) is 11.3 Å². The summed E-state index contributed by atoms with van der Waals surface area (Å²) in [4.78, 5) is 10.0. The quantitative estimate of drug-likeness (QED) is 0.406. The molecule has 4 aromatic rings. The van der Waals surface area contributed by atoms with Crippen LogP contribution in [0.5, 0.6) is 0 Å². The predicted octanol–water partition coefficient (Wildman–Crippen LogP) is 4.36. The SMILES string of the molecule is Cc1ccc(N2CCN(CCc3nc4cc(NS(=O)(=O)c5ccc(C)cc5)ccc4n3C)CC2)cc1. The number of nitrogens with one attached hydrogen (secondary N) is 1. The Kier molecular flexibility index (Phi) is 6.73. The van der Waals surface area contributed by atoms with E-state index in [1.807, 2.05) is 26.1 Å². The molecule has 1 fully saturated rings. The molecule has 2 heterocycles. The van der Waals surface area contributed by atoms with Crippen LogP contribution in [-0.4, -0.2) is 55.6 Å². The van der Waals surface area contributed by atoms with Crippen LogP contribution >= 0.6 is 0 Å². The molecule has 0 bridgehead atoms. The van der Waals surface area contributed by atoms with E-state index in [1.54, 1.807) is 30.3 Å². The molecule has 0 amide bonds. The van der Waals surface area contributed by atoms with Crippen molar-refractivity contribution in [2.75, 3.05) is 42.3 Å². The number of hydrogen-bond acceptors (Lipinski definition) is 5. The summed E-state index contributed by atoms with van der Waals surface area (Å²) >= 11 is 0. The second-order valence-electron chi connectivity index (χ2n) is 9.62. The highest BCUT2D eigenvalue weighted by Gasteiger charge is 2.19. The minimum Gasteiger partial charge on any atom is -0.369 e. The number of hydrogen-bond donors (Lipinski definition) is 1. The van der Waals surface area contributed by atoms with Crippen LogP contribution in [0, 0.1) is 13.8 Å². The lowest BCUT2D eigenvalue weighted by Crippen LogP contribution is -2.47. The first kappa shape index (κ1) is 24.3. The normalized spacial score (nSPS) is 14.9. The molecule has 1 aromatic heterocycles. The van der Waals surface area contributed by atoms with Gasteiger partial charge in [-0.2, -0.15) is 0 Å². The molecule has 1 N–H and O–H groups in total. The van der Waals surface area contributed by atoms with Gasteiger partial charge in [0, 0.05) is 51.9 Å². The number of fused-ring (bicyclic) bond motifs is 1. The van der Waals surface area contributed by atoms with Crippen molar-refractivity contribution in [3.8, 4) is 0 Å². The zero-order valence-electron chi connectivity index (χ0n) is 21.1. The Balaban J connectivity index is 1.22. The lowest BCUT2D eigenvalue weighted by molar-refractivity contribution is 0.259. The van der Waals surface area contributed by atoms with E-state index in [0.717, 1.165) is 61.6 Å². The Morgan fingerprint density at radius 2 is 1.50 bits per heavy atom. The molecule has 5 rings (SSSR count). The zero-order valence-corrected chi connectivity index (χ0v) is 21.9. The summed E-state index contributed by atoms with van der Waals surface area (Å²) in [5, 5.41) is 0. The maximum Gasteiger partial charge on any atom is 0.261 e. The molecular formula is C28H33N5O2S. The Hall–Kier alpha value is -3.36. The lowest BCUT2D eigenvalue weighted by atomic mass is 10.2. The number of piperazine rings is 1. The van der Waals surface area contributed by atoms with Gasteiger partial charge in [-0.3, -0.25) is 9.62 Å². The average Bonchev–Trinajstić information content (AvgIpc) is 3.18. The van der Waals surface area contributed by atoms with Crippen LogP contribution in [0.2, 0.25) is 0 Å². The summed E-state index contributed by atoms with van der Waals surface area (Å²) < 4.78 is 30.4. The van der Waals surface area contributed by atoms with Crippen LogP contribution < -0.4 is 9.62 Å². The second kappa shape index (κ2) is 9.95. The average molecular weight is 504 g/mol. The van der Waals surface area contributed by atoms with E-state index in [9.17, 15) is 8.42 Å². The van der Waals surface area contributed by atoms with Crippen LogP contribution in [0.25, 0.3) is 11.0 Å². The molecule has 1 aliphatic heterocycles. The smallest absolute Gasteiger partial charge is 0.261 e. The highest BCUT2D eigenvalue weighted by Crippen LogP contribution is 2.23. The van der Waals surface area contributed by atoms with E-state index in [4.69, 9.17) is 4.98 Å². The first-order valence-electron chi connectivity index (χ1n) is 12.4. The van der Waals surface area contributed by atoms with Crippen molar-refractivity contribution < 1.29 is 8.42 Å². The van der Waals surface area contributed by atoms with Gasteiger partial charge in [-0.05, 0) is 56.3 Å². The molecule has 7 nitrogen and oxygen atoms in total. The molecule has 0 aliphatic carbocycles. The predicted molar refractivity (Wildman–Crippen MR) is 146 cm³/mol. The van der Waals surface area contributed by atoms with Crippen molar-refractivity contribution in [1.82, 2.24) is 14.5 Å². The first-order chi connectivity index (χ1) is 17.3. The molecule has 0 spiro atoms. The molecule has 1 saturated heterocycles. The monoisotopic (exact) mass is 503 g/mol. The van der Waals surface area contributed by atoms with Crippen LogP contribution in [0.15, 0.2) is 71.6 Å². The maximum atomic E-state index is 12.8. The molecule has 0 radical (unpaired) electrons. The Bertz CT molecular complexity index is 1450. The van der Waals surface area contributed by atoms with E-state index in [2.05, 4.69) is 50.3 Å². The van der Waals surface area contributed by atoms with Crippen molar-refractivity contribution in [2.45, 2.75) is 25.2 Å². The molecule has 0 atom stereocenters. The van der Waals surface area contributed by atoms with Gasteiger partial charge in [0.2, 0.25) is 0 Å². The molecule has 3 aromatic carbocycles. The van der Waals surface area contributed by atoms with Gasteiger partial charge in [0.15, 0.2) is 0 Å². The topological polar surface area (TPSA) is 70.5 Å². The molecular weight excluding hydrogens is 470 g/mol. The number of benzene rings is 3. The van der Waals surface area contributed by atoms with Crippen molar-refractivity contribution in [1.29, 1.82) is 0 Å². The van der Waals surface area contributed by atoms with E-state index in [0.29, 0.717) is 5.69 Å². The standard InChI is InChI=1S/C28H33N5O2S/c1-21-4-9-24(10-5-21)33-18-16-32(17-19-33)15-14-28-29-26-20-23(8-13-27(26)31(28)3)30-36(34,35)25-11-6-22(2)7-12-25/h4-13,20,30H,14-19H2,1-3H3. The third-order valence-corrected chi connectivity index (χ3v) is 8.38. The summed E-state index contributed by atoms with van der Waals surface area (Å²) in [7, 11) is -1.62. The number of anilines is 2. The van der Waals surface area contributed by atoms with Crippen molar-refractivity contribution in [2.24, 2.45) is 7.05 Å². The number of imidazole rings is 1. The van der Waals surface area contributed by atoms with Gasteiger partial charge in [0.25, 0.3) is 10.0 Å². The van der Waals surface area contributed by atoms with E-state index < -0.39 is 10.0 Å². The number of aryl methyl sites for hydroxylation is 3. The zero-order chi connectivity index (χ0) is 25.3. The lowest BCUT2D eigenvalue weighted by Gasteiger charge is -2.36. The summed E-state index contributed by atoms with van der Waals surface area (Å²) in [6, 6.07) is 21.1. The number of nitrogens with zero attached hydrogens (tertiary/aromatic N) is 4. The van der Waals surface area contributed by atoms with Crippen molar-refractivity contribution >= 4 is 32.4 Å². The number of aromatic nitrogens is 2. The van der Waals surface area contributed by atoms with Crippen molar-refractivity contribution in [3.05, 3.63) is 83.7 Å². The summed E-state index contributed by atoms with van der Waals surface area (Å²) in [6.45, 7) is 9.11. The maximum absolute atomic E-state index is 12.8. The number of sulfonamides is 1. The first-order valence-corrected chi connectivity index (χ1v) is 13.9.